The topological polar surface area (TPSA) is 23.8 Å². The van der Waals surface area contributed by atoms with Crippen LogP contribution in [0, 0.1) is 17.2 Å². The van der Waals surface area contributed by atoms with Gasteiger partial charge in [-0.2, -0.15) is 5.26 Å². The first-order valence-corrected chi connectivity index (χ1v) is 5.95. The van der Waals surface area contributed by atoms with Crippen molar-refractivity contribution in [3.05, 3.63) is 35.4 Å². The van der Waals surface area contributed by atoms with Crippen molar-refractivity contribution >= 4 is 15.9 Å². The first-order chi connectivity index (χ1) is 6.80. The maximum atomic E-state index is 8.81. The molecule has 1 atom stereocenters. The van der Waals surface area contributed by atoms with Gasteiger partial charge in [-0.1, -0.05) is 47.1 Å². The number of hydrogen-bond donors (Lipinski definition) is 0. The predicted molar refractivity (Wildman–Crippen MR) is 62.4 cm³/mol. The smallest absolute Gasteiger partial charge is 0.0668 e. The minimum atomic E-state index is 0.0856. The first kappa shape index (κ1) is 11.3. The highest BCUT2D eigenvalue weighted by molar-refractivity contribution is 9.09. The fraction of sp³-hybridized carbons (Fsp3) is 0.417. The van der Waals surface area contributed by atoms with Crippen LogP contribution in [0.4, 0.5) is 0 Å². The lowest BCUT2D eigenvalue weighted by molar-refractivity contribution is 0.755. The summed E-state index contributed by atoms with van der Waals surface area (Å²) < 4.78 is 0. The second kappa shape index (κ2) is 5.82. The quantitative estimate of drug-likeness (QED) is 0.754. The van der Waals surface area contributed by atoms with Gasteiger partial charge >= 0.3 is 0 Å². The molecule has 0 amide bonds. The third-order valence-corrected chi connectivity index (χ3v) is 3.06. The van der Waals surface area contributed by atoms with Crippen molar-refractivity contribution in [1.82, 2.24) is 0 Å². The maximum absolute atomic E-state index is 8.81. The van der Waals surface area contributed by atoms with Crippen LogP contribution >= 0.6 is 15.9 Å². The molecule has 0 heterocycles. The number of nitriles is 1. The van der Waals surface area contributed by atoms with Crippen molar-refractivity contribution in [2.45, 2.75) is 19.8 Å². The van der Waals surface area contributed by atoms with E-state index in [1.807, 2.05) is 0 Å². The molecule has 0 radical (unpaired) electrons. The van der Waals surface area contributed by atoms with Gasteiger partial charge < -0.3 is 0 Å². The fourth-order valence-electron chi connectivity index (χ4n) is 1.33. The molecule has 2 heteroatoms. The lowest BCUT2D eigenvalue weighted by Crippen LogP contribution is -2.02. The third-order valence-electron chi connectivity index (χ3n) is 2.28. The number of benzene rings is 1. The van der Waals surface area contributed by atoms with Crippen molar-refractivity contribution in [3.8, 4) is 6.07 Å². The average Bonchev–Trinajstić information content (AvgIpc) is 2.26. The molecule has 1 aromatic rings. The lowest BCUT2D eigenvalue weighted by atomic mass is 10.0. The molecule has 0 aliphatic carbocycles. The molecule has 1 rings (SSSR count). The Kier molecular flexibility index (Phi) is 4.69. The SMILES string of the molecule is CCc1ccc(CC(C#N)CBr)cc1. The van der Waals surface area contributed by atoms with Crippen molar-refractivity contribution < 1.29 is 0 Å². The zero-order valence-corrected chi connectivity index (χ0v) is 9.92. The number of hydrogen-bond acceptors (Lipinski definition) is 1. The van der Waals surface area contributed by atoms with Crippen LogP contribution in [-0.2, 0) is 12.8 Å². The Bertz CT molecular complexity index is 310. The highest BCUT2D eigenvalue weighted by atomic mass is 79.9. The largest absolute Gasteiger partial charge is 0.198 e. The number of alkyl halides is 1. The minimum Gasteiger partial charge on any atom is -0.198 e. The highest BCUT2D eigenvalue weighted by Crippen LogP contribution is 2.12. The summed E-state index contributed by atoms with van der Waals surface area (Å²) in [5.41, 5.74) is 2.59. The summed E-state index contributed by atoms with van der Waals surface area (Å²) in [5, 5.41) is 9.56. The van der Waals surface area contributed by atoms with E-state index in [-0.39, 0.29) is 5.92 Å². The number of nitrogens with zero attached hydrogens (tertiary/aromatic N) is 1. The molecule has 0 bridgehead atoms. The minimum absolute atomic E-state index is 0.0856. The monoisotopic (exact) mass is 251 g/mol. The van der Waals surface area contributed by atoms with E-state index in [9.17, 15) is 0 Å². The van der Waals surface area contributed by atoms with Crippen LogP contribution in [0.3, 0.4) is 0 Å². The molecule has 74 valence electrons. The Balaban J connectivity index is 2.64. The van der Waals surface area contributed by atoms with Crippen LogP contribution in [0.25, 0.3) is 0 Å². The van der Waals surface area contributed by atoms with E-state index >= 15 is 0 Å². The lowest BCUT2D eigenvalue weighted by Gasteiger charge is -2.05. The molecule has 0 saturated carbocycles. The van der Waals surface area contributed by atoms with Gasteiger partial charge in [-0.15, -0.1) is 0 Å². The molecule has 0 aliphatic heterocycles. The second-order valence-electron chi connectivity index (χ2n) is 3.35. The van der Waals surface area contributed by atoms with Crippen molar-refractivity contribution in [2.24, 2.45) is 5.92 Å². The van der Waals surface area contributed by atoms with Gasteiger partial charge in [0.05, 0.1) is 12.0 Å². The van der Waals surface area contributed by atoms with Crippen molar-refractivity contribution in [2.75, 3.05) is 5.33 Å². The van der Waals surface area contributed by atoms with Crippen LogP contribution in [0.2, 0.25) is 0 Å². The van der Waals surface area contributed by atoms with Crippen LogP contribution in [-0.4, -0.2) is 5.33 Å². The van der Waals surface area contributed by atoms with Gasteiger partial charge in [0.1, 0.15) is 0 Å². The summed E-state index contributed by atoms with van der Waals surface area (Å²) in [6, 6.07) is 10.8. The zero-order chi connectivity index (χ0) is 10.4. The fourth-order valence-corrected chi connectivity index (χ4v) is 1.70. The molecule has 0 spiro atoms. The Morgan fingerprint density at radius 2 is 1.86 bits per heavy atom. The van der Waals surface area contributed by atoms with Crippen LogP contribution in [0.5, 0.6) is 0 Å². The van der Waals surface area contributed by atoms with E-state index in [1.165, 1.54) is 11.1 Å². The van der Waals surface area contributed by atoms with Gasteiger partial charge in [0.2, 0.25) is 0 Å². The number of halogens is 1. The van der Waals surface area contributed by atoms with E-state index < -0.39 is 0 Å². The molecule has 0 saturated heterocycles. The molecular weight excluding hydrogens is 238 g/mol. The van der Waals surface area contributed by atoms with Gasteiger partial charge in [-0.25, -0.2) is 0 Å². The van der Waals surface area contributed by atoms with Gasteiger partial charge in [-0.05, 0) is 24.0 Å². The average molecular weight is 252 g/mol. The molecule has 0 aliphatic rings. The third kappa shape index (κ3) is 3.16. The Morgan fingerprint density at radius 3 is 2.29 bits per heavy atom. The normalized spacial score (nSPS) is 12.1. The molecule has 1 aromatic carbocycles. The number of rotatable bonds is 4. The summed E-state index contributed by atoms with van der Waals surface area (Å²) >= 11 is 3.34. The molecule has 14 heavy (non-hydrogen) atoms. The molecular formula is C12H14BrN. The summed E-state index contributed by atoms with van der Waals surface area (Å²) in [6.45, 7) is 2.14. The highest BCUT2D eigenvalue weighted by Gasteiger charge is 2.05. The van der Waals surface area contributed by atoms with E-state index in [0.717, 1.165) is 18.2 Å². The zero-order valence-electron chi connectivity index (χ0n) is 8.33. The molecule has 0 N–H and O–H groups in total. The van der Waals surface area contributed by atoms with E-state index in [1.54, 1.807) is 0 Å². The van der Waals surface area contributed by atoms with Crippen molar-refractivity contribution in [3.63, 3.8) is 0 Å². The summed E-state index contributed by atoms with van der Waals surface area (Å²) in [7, 11) is 0. The second-order valence-corrected chi connectivity index (χ2v) is 4.00. The number of aryl methyl sites for hydroxylation is 1. The summed E-state index contributed by atoms with van der Waals surface area (Å²) in [6.07, 6.45) is 1.91. The van der Waals surface area contributed by atoms with Crippen LogP contribution < -0.4 is 0 Å². The van der Waals surface area contributed by atoms with E-state index in [0.29, 0.717) is 0 Å². The Morgan fingerprint density at radius 1 is 1.29 bits per heavy atom. The molecule has 0 aromatic heterocycles. The van der Waals surface area contributed by atoms with Gasteiger partial charge in [-0.3, -0.25) is 0 Å². The Hall–Kier alpha value is -0.810. The van der Waals surface area contributed by atoms with Gasteiger partial charge in [0.15, 0.2) is 0 Å². The van der Waals surface area contributed by atoms with E-state index in [4.69, 9.17) is 5.26 Å². The first-order valence-electron chi connectivity index (χ1n) is 4.83. The molecule has 0 fully saturated rings. The summed E-state index contributed by atoms with van der Waals surface area (Å²) in [5.74, 6) is 0.0856. The van der Waals surface area contributed by atoms with Gasteiger partial charge in [0, 0.05) is 5.33 Å². The standard InChI is InChI=1S/C12H14BrN/c1-2-10-3-5-11(6-4-10)7-12(8-13)9-14/h3-6,12H,2,7-8H2,1H3. The van der Waals surface area contributed by atoms with Crippen LogP contribution in [0.15, 0.2) is 24.3 Å². The predicted octanol–water partition coefficient (Wildman–Crippen LogP) is 3.33. The van der Waals surface area contributed by atoms with Crippen LogP contribution in [0.1, 0.15) is 18.1 Å². The molecule has 1 nitrogen and oxygen atoms in total. The maximum Gasteiger partial charge on any atom is 0.0668 e. The van der Waals surface area contributed by atoms with E-state index in [2.05, 4.69) is 53.2 Å². The van der Waals surface area contributed by atoms with Crippen molar-refractivity contribution in [1.29, 1.82) is 5.26 Å². The summed E-state index contributed by atoms with van der Waals surface area (Å²) in [4.78, 5) is 0. The van der Waals surface area contributed by atoms with Gasteiger partial charge in [0.25, 0.3) is 0 Å². The molecule has 1 unspecified atom stereocenters. The Labute approximate surface area is 93.9 Å².